The number of rotatable bonds is 5. The lowest BCUT2D eigenvalue weighted by atomic mass is 9.58. The molecule has 1 nitrogen and oxygen atoms in total. The molecule has 1 unspecified atom stereocenters. The maximum atomic E-state index is 9.36. The third-order valence-corrected chi connectivity index (χ3v) is 3.03. The van der Waals surface area contributed by atoms with E-state index in [1.807, 2.05) is 0 Å². The van der Waals surface area contributed by atoms with Crippen molar-refractivity contribution in [2.24, 2.45) is 5.92 Å². The van der Waals surface area contributed by atoms with Gasteiger partial charge in [-0.25, -0.2) is 0 Å². The lowest BCUT2D eigenvalue weighted by Gasteiger charge is -2.51. The van der Waals surface area contributed by atoms with Gasteiger partial charge in [-0.2, -0.15) is 0 Å². The summed E-state index contributed by atoms with van der Waals surface area (Å²) in [6.45, 7) is -5.03. The summed E-state index contributed by atoms with van der Waals surface area (Å²) in [7, 11) is 0. The zero-order chi connectivity index (χ0) is 27.1. The molecule has 1 aliphatic carbocycles. The predicted octanol–water partition coefficient (Wildman–Crippen LogP) is 4.74. The van der Waals surface area contributed by atoms with Gasteiger partial charge in [-0.1, -0.05) is 44.0 Å². The van der Waals surface area contributed by atoms with Crippen LogP contribution in [-0.4, -0.2) is 24.9 Å². The van der Waals surface area contributed by atoms with Gasteiger partial charge < -0.3 is 4.90 Å². The van der Waals surface area contributed by atoms with Crippen LogP contribution in [0.3, 0.4) is 0 Å². The van der Waals surface area contributed by atoms with Gasteiger partial charge in [0.15, 0.2) is 0 Å². The van der Waals surface area contributed by atoms with Crippen LogP contribution < -0.4 is 0 Å². The van der Waals surface area contributed by atoms with E-state index in [9.17, 15) is 1.37 Å². The zero-order valence-corrected chi connectivity index (χ0v) is 11.5. The quantitative estimate of drug-likeness (QED) is 0.758. The van der Waals surface area contributed by atoms with Gasteiger partial charge in [0.25, 0.3) is 0 Å². The lowest BCUT2D eigenvalue weighted by molar-refractivity contribution is 0.0808. The maximum Gasteiger partial charge on any atom is 0.0476 e. The molecule has 0 bridgehead atoms. The van der Waals surface area contributed by atoms with Crippen LogP contribution >= 0.6 is 11.6 Å². The normalized spacial score (nSPS) is 42.9. The molecule has 0 N–H and O–H groups in total. The summed E-state index contributed by atoms with van der Waals surface area (Å²) >= 11 is 5.91. The molecule has 1 aliphatic rings. The topological polar surface area (TPSA) is 3.24 Å². The van der Waals surface area contributed by atoms with Crippen molar-refractivity contribution in [3.8, 4) is 0 Å². The van der Waals surface area contributed by atoms with Gasteiger partial charge >= 0.3 is 0 Å². The molecular formula is C17H26ClN. The number of nitrogens with zero attached hydrogens (tertiary/aromatic N) is 1. The first-order chi connectivity index (χ1) is 14.8. The van der Waals surface area contributed by atoms with Crippen LogP contribution in [0.4, 0.5) is 0 Å². The number of hydrogen-bond donors (Lipinski definition) is 0. The fourth-order valence-electron chi connectivity index (χ4n) is 1.90. The summed E-state index contributed by atoms with van der Waals surface area (Å²) in [6.07, 6.45) is -13.5. The van der Waals surface area contributed by atoms with Gasteiger partial charge in [0.05, 0.1) is 0 Å². The summed E-state index contributed by atoms with van der Waals surface area (Å²) in [5, 5.41) is 0.0910. The second-order valence-electron chi connectivity index (χ2n) is 4.61. The van der Waals surface area contributed by atoms with Gasteiger partial charge in [0.1, 0.15) is 0 Å². The van der Waals surface area contributed by atoms with E-state index in [0.717, 1.165) is 12.1 Å². The van der Waals surface area contributed by atoms with E-state index < -0.39 is 67.3 Å². The standard InChI is InChI=1S/C17H26ClN/c1-13(2)12-16(19(3)4)17(10-5-11-17)14-6-8-15(18)9-7-14/h6-9,13,16H,5,10-12H2,1-4H3/i3D3,4D3,5D2,10D2,11D2,12D2,16D. The number of hydrogen-bond acceptors (Lipinski definition) is 1. The zero-order valence-electron chi connectivity index (χ0n) is 25.7. The SMILES string of the molecule is [2H]C([2H])([2H])N(C([2H])([2H])[2H])C([2H])(C([2H])([2H])C(C)C)C1(c2ccc(Cl)cc2)C([2H])([2H])C([2H])([2H])C1([2H])[2H]. The fraction of sp³-hybridized carbons (Fsp3) is 0.647. The molecule has 2 rings (SSSR count). The maximum absolute atomic E-state index is 9.36. The molecule has 1 aromatic carbocycles. The monoisotopic (exact) mass is 294 g/mol. The average molecular weight is 295 g/mol. The van der Waals surface area contributed by atoms with Crippen LogP contribution in [0.1, 0.15) is 65.5 Å². The average Bonchev–Trinajstić information content (AvgIpc) is 2.59. The molecule has 1 fully saturated rings. The van der Waals surface area contributed by atoms with Gasteiger partial charge in [-0.15, -0.1) is 0 Å². The van der Waals surface area contributed by atoms with Crippen molar-refractivity contribution < 1.29 is 20.6 Å². The molecule has 0 saturated heterocycles. The lowest BCUT2D eigenvalue weighted by Crippen LogP contribution is -2.52. The van der Waals surface area contributed by atoms with Crippen molar-refractivity contribution in [3.63, 3.8) is 0 Å². The largest absolute Gasteiger partial charge is 0.306 e. The summed E-state index contributed by atoms with van der Waals surface area (Å²) in [4.78, 5) is -0.466. The molecule has 0 aliphatic heterocycles. The third kappa shape index (κ3) is 2.98. The van der Waals surface area contributed by atoms with Crippen LogP contribution in [0.2, 0.25) is 5.02 Å². The van der Waals surface area contributed by atoms with E-state index in [0.29, 0.717) is 0 Å². The molecule has 0 aromatic heterocycles. The number of benzene rings is 1. The second kappa shape index (κ2) is 5.85. The Labute approximate surface area is 144 Å². The molecule has 0 heterocycles. The molecule has 1 aromatic rings. The minimum Gasteiger partial charge on any atom is -0.306 e. The Kier molecular flexibility index (Phi) is 1.46. The van der Waals surface area contributed by atoms with Crippen LogP contribution in [0.5, 0.6) is 0 Å². The molecule has 2 heteroatoms. The second-order valence-corrected chi connectivity index (χ2v) is 5.05. The molecule has 0 spiro atoms. The first kappa shape index (κ1) is 4.74. The van der Waals surface area contributed by atoms with E-state index in [4.69, 9.17) is 30.8 Å². The van der Waals surface area contributed by atoms with E-state index in [1.54, 1.807) is 0 Å². The first-order valence-corrected chi connectivity index (χ1v) is 6.25. The highest BCUT2D eigenvalue weighted by atomic mass is 35.5. The number of halogens is 1. The molecule has 1 saturated carbocycles. The van der Waals surface area contributed by atoms with E-state index in [-0.39, 0.29) is 5.02 Å². The van der Waals surface area contributed by atoms with E-state index in [2.05, 4.69) is 0 Å². The molecule has 1 atom stereocenters. The minimum absolute atomic E-state index is 0.0910. The summed E-state index contributed by atoms with van der Waals surface area (Å²) in [5.41, 5.74) is -3.78. The Bertz CT molecular complexity index is 886. The van der Waals surface area contributed by atoms with Crippen molar-refractivity contribution in [1.29, 1.82) is 0 Å². The highest BCUT2D eigenvalue weighted by Crippen LogP contribution is 2.49. The summed E-state index contributed by atoms with van der Waals surface area (Å²) < 4.78 is 125. The molecule has 0 amide bonds. The minimum atomic E-state index is -3.73. The molecule has 106 valence electrons. The summed E-state index contributed by atoms with van der Waals surface area (Å²) in [6, 6.07) is 0.670. The summed E-state index contributed by atoms with van der Waals surface area (Å²) in [5.74, 6) is -1.32. The Morgan fingerprint density at radius 2 is 2.05 bits per heavy atom. The highest BCUT2D eigenvalue weighted by Gasteiger charge is 2.46. The van der Waals surface area contributed by atoms with Gasteiger partial charge in [0, 0.05) is 37.0 Å². The van der Waals surface area contributed by atoms with Crippen LogP contribution in [0.25, 0.3) is 0 Å². The van der Waals surface area contributed by atoms with Crippen LogP contribution in [0, 0.1) is 5.92 Å². The van der Waals surface area contributed by atoms with Gasteiger partial charge in [0.2, 0.25) is 0 Å². The predicted molar refractivity (Wildman–Crippen MR) is 83.9 cm³/mol. The van der Waals surface area contributed by atoms with E-state index >= 15 is 0 Å². The fourth-order valence-corrected chi connectivity index (χ4v) is 2.03. The van der Waals surface area contributed by atoms with E-state index in [1.165, 1.54) is 26.0 Å². The molecular weight excluding hydrogens is 254 g/mol. The Morgan fingerprint density at radius 3 is 2.58 bits per heavy atom. The Hall–Kier alpha value is -0.530. The Balaban J connectivity index is 3.28. The van der Waals surface area contributed by atoms with Crippen LogP contribution in [-0.2, 0) is 5.41 Å². The third-order valence-electron chi connectivity index (χ3n) is 2.78. The molecule has 19 heavy (non-hydrogen) atoms. The van der Waals surface area contributed by atoms with Gasteiger partial charge in [-0.05, 0) is 56.7 Å². The van der Waals surface area contributed by atoms with Gasteiger partial charge in [-0.3, -0.25) is 0 Å². The van der Waals surface area contributed by atoms with Crippen molar-refractivity contribution >= 4 is 11.6 Å². The first-order valence-electron chi connectivity index (χ1n) is 13.4. The Morgan fingerprint density at radius 1 is 1.42 bits per heavy atom. The van der Waals surface area contributed by atoms with Crippen molar-refractivity contribution in [3.05, 3.63) is 34.9 Å². The highest BCUT2D eigenvalue weighted by molar-refractivity contribution is 6.30. The van der Waals surface area contributed by atoms with Crippen molar-refractivity contribution in [2.75, 3.05) is 14.0 Å². The smallest absolute Gasteiger partial charge is 0.0476 e. The molecule has 0 radical (unpaired) electrons. The number of likely N-dealkylation sites (N-methyl/N-ethyl adjacent to an activating group) is 1. The van der Waals surface area contributed by atoms with Crippen molar-refractivity contribution in [2.45, 2.75) is 50.8 Å². The van der Waals surface area contributed by atoms with Crippen LogP contribution in [0.15, 0.2) is 24.3 Å². The van der Waals surface area contributed by atoms with Crippen molar-refractivity contribution in [1.82, 2.24) is 4.90 Å².